The number of anilines is 1. The summed E-state index contributed by atoms with van der Waals surface area (Å²) in [5, 5.41) is 3.22. The van der Waals surface area contributed by atoms with E-state index in [1.54, 1.807) is 13.1 Å². The number of aromatic nitrogens is 1. The van der Waals surface area contributed by atoms with E-state index in [1.807, 2.05) is 38.1 Å². The number of rotatable bonds is 12. The second kappa shape index (κ2) is 12.4. The molecule has 0 saturated heterocycles. The summed E-state index contributed by atoms with van der Waals surface area (Å²) in [7, 11) is -2.03. The summed E-state index contributed by atoms with van der Waals surface area (Å²) in [5.41, 5.74) is 2.52. The number of sulfonamides is 1. The van der Waals surface area contributed by atoms with Gasteiger partial charge >= 0.3 is 0 Å². The molecule has 36 heavy (non-hydrogen) atoms. The number of benzene rings is 1. The third kappa shape index (κ3) is 6.57. The molecule has 10 heteroatoms. The summed E-state index contributed by atoms with van der Waals surface area (Å²) in [4.78, 5) is 17.5. The van der Waals surface area contributed by atoms with Crippen molar-refractivity contribution in [3.8, 4) is 11.3 Å². The zero-order chi connectivity index (χ0) is 26.5. The third-order valence-corrected chi connectivity index (χ3v) is 7.96. The number of aryl methyl sites for hydroxylation is 1. The first kappa shape index (κ1) is 28.4. The monoisotopic (exact) mass is 627 g/mol. The minimum atomic E-state index is -3.59. The van der Waals surface area contributed by atoms with E-state index in [2.05, 4.69) is 39.8 Å². The number of carbonyl (C=O) groups excluding carboxylic acids is 1. The van der Waals surface area contributed by atoms with Crippen molar-refractivity contribution in [3.63, 3.8) is 0 Å². The standard InChI is InChI=1S/C26H34IN3O5S/c1-6-18-11-13-19(14-12-18)23-22(25(31)28-4)20-16-21(27)24(29-26(20)35-23)30(36(5,32)33)15-9-8-10-17(3)34-7-2/h11-14,16-17H,6-10,15H2,1-5H3,(H,28,31). The molecule has 0 spiro atoms. The molecular formula is C26H34IN3O5S. The van der Waals surface area contributed by atoms with Crippen LogP contribution in [0, 0.1) is 3.57 Å². The molecule has 0 bridgehead atoms. The Kier molecular flexibility index (Phi) is 9.76. The Balaban J connectivity index is 2.02. The summed E-state index contributed by atoms with van der Waals surface area (Å²) in [6.45, 7) is 7.00. The van der Waals surface area contributed by atoms with Gasteiger partial charge in [-0.05, 0) is 73.8 Å². The highest BCUT2D eigenvalue weighted by Crippen LogP contribution is 2.36. The van der Waals surface area contributed by atoms with Crippen LogP contribution in [0.5, 0.6) is 0 Å². The fourth-order valence-electron chi connectivity index (χ4n) is 4.09. The van der Waals surface area contributed by atoms with Crippen LogP contribution >= 0.6 is 22.6 Å². The van der Waals surface area contributed by atoms with Gasteiger partial charge in [-0.1, -0.05) is 31.2 Å². The molecule has 1 aromatic carbocycles. The molecule has 0 aliphatic heterocycles. The molecule has 1 atom stereocenters. The minimum absolute atomic E-state index is 0.132. The normalized spacial score (nSPS) is 12.6. The molecule has 2 heterocycles. The van der Waals surface area contributed by atoms with Crippen molar-refractivity contribution >= 4 is 55.4 Å². The predicted molar refractivity (Wildman–Crippen MR) is 152 cm³/mol. The van der Waals surface area contributed by atoms with Crippen molar-refractivity contribution in [1.29, 1.82) is 0 Å². The number of nitrogens with zero attached hydrogens (tertiary/aromatic N) is 2. The van der Waals surface area contributed by atoms with Gasteiger partial charge in [0, 0.05) is 25.8 Å². The van der Waals surface area contributed by atoms with Gasteiger partial charge < -0.3 is 14.5 Å². The summed E-state index contributed by atoms with van der Waals surface area (Å²) in [5.74, 6) is 0.411. The van der Waals surface area contributed by atoms with Gasteiger partial charge in [0.2, 0.25) is 15.7 Å². The highest BCUT2D eigenvalue weighted by Gasteiger charge is 2.27. The van der Waals surface area contributed by atoms with Crippen molar-refractivity contribution in [3.05, 3.63) is 45.0 Å². The number of hydrogen-bond acceptors (Lipinski definition) is 6. The van der Waals surface area contributed by atoms with Gasteiger partial charge in [0.15, 0.2) is 5.82 Å². The van der Waals surface area contributed by atoms with Gasteiger partial charge in [-0.3, -0.25) is 9.10 Å². The highest BCUT2D eigenvalue weighted by atomic mass is 127. The average Bonchev–Trinajstić information content (AvgIpc) is 3.20. The lowest BCUT2D eigenvalue weighted by atomic mass is 10.0. The molecule has 0 aliphatic carbocycles. The van der Waals surface area contributed by atoms with Gasteiger partial charge in [0.1, 0.15) is 5.76 Å². The Morgan fingerprint density at radius 2 is 1.92 bits per heavy atom. The lowest BCUT2D eigenvalue weighted by Crippen LogP contribution is -2.32. The first-order valence-electron chi connectivity index (χ1n) is 12.1. The Morgan fingerprint density at radius 1 is 1.22 bits per heavy atom. The van der Waals surface area contributed by atoms with Crippen molar-refractivity contribution in [2.24, 2.45) is 0 Å². The van der Waals surface area contributed by atoms with Gasteiger partial charge in [0.25, 0.3) is 5.91 Å². The van der Waals surface area contributed by atoms with E-state index in [-0.39, 0.29) is 17.7 Å². The maximum atomic E-state index is 12.9. The van der Waals surface area contributed by atoms with E-state index in [0.717, 1.165) is 24.8 Å². The first-order chi connectivity index (χ1) is 17.1. The van der Waals surface area contributed by atoms with Crippen LogP contribution in [-0.2, 0) is 21.2 Å². The molecule has 196 valence electrons. The van der Waals surface area contributed by atoms with E-state index < -0.39 is 10.0 Å². The summed E-state index contributed by atoms with van der Waals surface area (Å²) >= 11 is 2.07. The molecule has 0 saturated carbocycles. The van der Waals surface area contributed by atoms with E-state index in [0.29, 0.717) is 45.7 Å². The summed E-state index contributed by atoms with van der Waals surface area (Å²) < 4.78 is 39.1. The smallest absolute Gasteiger partial charge is 0.255 e. The van der Waals surface area contributed by atoms with Crippen LogP contribution in [-0.4, -0.2) is 51.9 Å². The topological polar surface area (TPSA) is 102 Å². The van der Waals surface area contributed by atoms with Crippen LogP contribution in [0.1, 0.15) is 56.0 Å². The van der Waals surface area contributed by atoms with Crippen LogP contribution < -0.4 is 9.62 Å². The second-order valence-electron chi connectivity index (χ2n) is 8.68. The number of fused-ring (bicyclic) bond motifs is 1. The fraction of sp³-hybridized carbons (Fsp3) is 0.462. The van der Waals surface area contributed by atoms with Crippen molar-refractivity contribution in [2.45, 2.75) is 52.6 Å². The number of amides is 1. The summed E-state index contributed by atoms with van der Waals surface area (Å²) in [6, 6.07) is 9.60. The zero-order valence-electron chi connectivity index (χ0n) is 21.4. The van der Waals surface area contributed by atoms with Gasteiger partial charge in [0.05, 0.1) is 26.9 Å². The van der Waals surface area contributed by atoms with Gasteiger partial charge in [-0.25, -0.2) is 8.42 Å². The quantitative estimate of drug-likeness (QED) is 0.214. The van der Waals surface area contributed by atoms with Crippen molar-refractivity contribution in [2.75, 3.05) is 30.8 Å². The number of pyridine rings is 1. The summed E-state index contributed by atoms with van der Waals surface area (Å²) in [6.07, 6.45) is 4.55. The lowest BCUT2D eigenvalue weighted by molar-refractivity contribution is 0.0686. The number of halogens is 1. The molecule has 2 aromatic heterocycles. The van der Waals surface area contributed by atoms with E-state index in [9.17, 15) is 13.2 Å². The number of hydrogen-bond donors (Lipinski definition) is 1. The van der Waals surface area contributed by atoms with E-state index >= 15 is 0 Å². The highest BCUT2D eigenvalue weighted by molar-refractivity contribution is 14.1. The lowest BCUT2D eigenvalue weighted by Gasteiger charge is -2.22. The van der Waals surface area contributed by atoms with Crippen LogP contribution in [0.15, 0.2) is 34.7 Å². The van der Waals surface area contributed by atoms with Crippen LogP contribution in [0.4, 0.5) is 5.82 Å². The van der Waals surface area contributed by atoms with E-state index in [1.165, 1.54) is 16.1 Å². The zero-order valence-corrected chi connectivity index (χ0v) is 24.4. The number of ether oxygens (including phenoxy) is 1. The van der Waals surface area contributed by atoms with E-state index in [4.69, 9.17) is 9.15 Å². The van der Waals surface area contributed by atoms with Crippen molar-refractivity contribution < 1.29 is 22.4 Å². The number of furan rings is 1. The van der Waals surface area contributed by atoms with Gasteiger partial charge in [-0.2, -0.15) is 4.98 Å². The average molecular weight is 628 g/mol. The Morgan fingerprint density at radius 3 is 2.50 bits per heavy atom. The molecule has 0 fully saturated rings. The number of unbranched alkanes of at least 4 members (excludes halogenated alkanes) is 1. The maximum absolute atomic E-state index is 12.9. The number of nitrogens with one attached hydrogen (secondary N) is 1. The minimum Gasteiger partial charge on any atom is -0.437 e. The van der Waals surface area contributed by atoms with Gasteiger partial charge in [-0.15, -0.1) is 0 Å². The molecule has 1 amide bonds. The Bertz CT molecular complexity index is 1310. The van der Waals surface area contributed by atoms with Crippen LogP contribution in [0.2, 0.25) is 0 Å². The molecule has 3 aromatic rings. The molecule has 3 rings (SSSR count). The molecule has 1 N–H and O–H groups in total. The number of carbonyl (C=O) groups is 1. The maximum Gasteiger partial charge on any atom is 0.255 e. The van der Waals surface area contributed by atoms with Crippen LogP contribution in [0.25, 0.3) is 22.4 Å². The predicted octanol–water partition coefficient (Wildman–Crippen LogP) is 5.38. The second-order valence-corrected chi connectivity index (χ2v) is 11.7. The Labute approximate surface area is 227 Å². The molecule has 1 unspecified atom stereocenters. The fourth-order valence-corrected chi connectivity index (χ4v) is 5.89. The molecule has 0 aliphatic rings. The molecule has 8 nitrogen and oxygen atoms in total. The van der Waals surface area contributed by atoms with Crippen molar-refractivity contribution in [1.82, 2.24) is 10.3 Å². The van der Waals surface area contributed by atoms with Crippen LogP contribution in [0.3, 0.4) is 0 Å². The molecule has 0 radical (unpaired) electrons. The third-order valence-electron chi connectivity index (χ3n) is 6.01. The Hall–Kier alpha value is -2.18. The molecular weight excluding hydrogens is 593 g/mol. The SMILES string of the molecule is CCOC(C)CCCCN(c1nc2oc(-c3ccc(CC)cc3)c(C(=O)NC)c2cc1I)S(C)(=O)=O. The largest absolute Gasteiger partial charge is 0.437 e. The first-order valence-corrected chi connectivity index (χ1v) is 15.1.